The summed E-state index contributed by atoms with van der Waals surface area (Å²) in [4.78, 5) is 16.1. The number of carbonyl (C=O) groups is 1. The Morgan fingerprint density at radius 2 is 2.25 bits per heavy atom. The molecule has 3 N–H and O–H groups in total. The second-order valence-corrected chi connectivity index (χ2v) is 4.73. The Bertz CT molecular complexity index is 655. The van der Waals surface area contributed by atoms with Gasteiger partial charge in [0.05, 0.1) is 0 Å². The molecular formula is C15H15N3O2. The third-order valence-corrected chi connectivity index (χ3v) is 3.32. The third kappa shape index (κ3) is 2.42. The van der Waals surface area contributed by atoms with Crippen molar-refractivity contribution in [1.29, 1.82) is 0 Å². The molecule has 0 aliphatic carbocycles. The van der Waals surface area contributed by atoms with Crippen LogP contribution >= 0.6 is 0 Å². The zero-order valence-electron chi connectivity index (χ0n) is 10.9. The van der Waals surface area contributed by atoms with E-state index in [9.17, 15) is 9.90 Å². The maximum absolute atomic E-state index is 12.2. The summed E-state index contributed by atoms with van der Waals surface area (Å²) < 4.78 is 0. The van der Waals surface area contributed by atoms with Gasteiger partial charge in [0, 0.05) is 24.0 Å². The fourth-order valence-electron chi connectivity index (χ4n) is 2.29. The number of nitrogens with zero attached hydrogens (tertiary/aromatic N) is 1. The quantitative estimate of drug-likeness (QED) is 0.782. The predicted molar refractivity (Wildman–Crippen MR) is 77.1 cm³/mol. The van der Waals surface area contributed by atoms with Gasteiger partial charge < -0.3 is 15.7 Å². The standard InChI is InChI=1S/C15H15N3O2/c19-13-4-2-8-17-14(13)18-15(20)11-5-6-12-10(9-11)3-1-7-16-12/h2,4-6,8-9,16,19H,1,3,7H2,(H,17,18,20). The van der Waals surface area contributed by atoms with Crippen molar-refractivity contribution in [1.82, 2.24) is 4.98 Å². The van der Waals surface area contributed by atoms with E-state index in [2.05, 4.69) is 15.6 Å². The normalized spacial score (nSPS) is 13.2. The van der Waals surface area contributed by atoms with Crippen molar-refractivity contribution in [3.05, 3.63) is 47.7 Å². The van der Waals surface area contributed by atoms with E-state index in [1.165, 1.54) is 12.3 Å². The van der Waals surface area contributed by atoms with Crippen molar-refractivity contribution in [3.63, 3.8) is 0 Å². The Kier molecular flexibility index (Phi) is 3.25. The lowest BCUT2D eigenvalue weighted by Gasteiger charge is -2.18. The van der Waals surface area contributed by atoms with Gasteiger partial charge in [0.25, 0.3) is 5.91 Å². The van der Waals surface area contributed by atoms with Crippen molar-refractivity contribution < 1.29 is 9.90 Å². The Labute approximate surface area is 116 Å². The lowest BCUT2D eigenvalue weighted by Crippen LogP contribution is -2.16. The first-order chi connectivity index (χ1) is 9.74. The molecule has 1 aliphatic rings. The van der Waals surface area contributed by atoms with E-state index < -0.39 is 0 Å². The van der Waals surface area contributed by atoms with Gasteiger partial charge in [0.1, 0.15) is 0 Å². The molecule has 5 heteroatoms. The average Bonchev–Trinajstić information content (AvgIpc) is 2.49. The van der Waals surface area contributed by atoms with E-state index in [0.29, 0.717) is 5.56 Å². The molecule has 0 spiro atoms. The molecule has 2 aromatic rings. The molecular weight excluding hydrogens is 254 g/mol. The summed E-state index contributed by atoms with van der Waals surface area (Å²) in [6.45, 7) is 0.973. The Balaban J connectivity index is 1.82. The number of aryl methyl sites for hydroxylation is 1. The van der Waals surface area contributed by atoms with Crippen molar-refractivity contribution in [3.8, 4) is 5.75 Å². The van der Waals surface area contributed by atoms with Crippen LogP contribution in [0.1, 0.15) is 22.3 Å². The van der Waals surface area contributed by atoms with Crippen LogP contribution in [-0.4, -0.2) is 22.5 Å². The number of carbonyl (C=O) groups excluding carboxylic acids is 1. The first-order valence-electron chi connectivity index (χ1n) is 6.56. The SMILES string of the molecule is O=C(Nc1ncccc1O)c1ccc2c(c1)CCCN2. The number of aromatic hydroxyl groups is 1. The number of hydrogen-bond donors (Lipinski definition) is 3. The zero-order chi connectivity index (χ0) is 13.9. The molecule has 1 aromatic carbocycles. The van der Waals surface area contributed by atoms with Gasteiger partial charge in [-0.1, -0.05) is 0 Å². The summed E-state index contributed by atoms with van der Waals surface area (Å²) in [5.41, 5.74) is 2.81. The van der Waals surface area contributed by atoms with Crippen LogP contribution in [0, 0.1) is 0 Å². The van der Waals surface area contributed by atoms with Crippen molar-refractivity contribution in [2.75, 3.05) is 17.2 Å². The third-order valence-electron chi connectivity index (χ3n) is 3.32. The first kappa shape index (κ1) is 12.5. The summed E-state index contributed by atoms with van der Waals surface area (Å²) in [7, 11) is 0. The zero-order valence-corrected chi connectivity index (χ0v) is 10.9. The van der Waals surface area contributed by atoms with E-state index in [0.717, 1.165) is 30.6 Å². The van der Waals surface area contributed by atoms with Crippen molar-refractivity contribution in [2.45, 2.75) is 12.8 Å². The molecule has 20 heavy (non-hydrogen) atoms. The molecule has 3 rings (SSSR count). The molecule has 1 amide bonds. The van der Waals surface area contributed by atoms with Gasteiger partial charge in [0.15, 0.2) is 11.6 Å². The second-order valence-electron chi connectivity index (χ2n) is 4.73. The highest BCUT2D eigenvalue weighted by atomic mass is 16.3. The van der Waals surface area contributed by atoms with Gasteiger partial charge in [-0.2, -0.15) is 0 Å². The van der Waals surface area contributed by atoms with Crippen molar-refractivity contribution >= 4 is 17.4 Å². The van der Waals surface area contributed by atoms with Gasteiger partial charge in [-0.15, -0.1) is 0 Å². The fraction of sp³-hybridized carbons (Fsp3) is 0.200. The van der Waals surface area contributed by atoms with Crippen LogP contribution in [0.2, 0.25) is 0 Å². The molecule has 0 fully saturated rings. The minimum Gasteiger partial charge on any atom is -0.504 e. The van der Waals surface area contributed by atoms with E-state index in [1.54, 1.807) is 12.1 Å². The second kappa shape index (κ2) is 5.21. The number of fused-ring (bicyclic) bond motifs is 1. The van der Waals surface area contributed by atoms with Gasteiger partial charge in [-0.3, -0.25) is 4.79 Å². The number of hydrogen-bond acceptors (Lipinski definition) is 4. The predicted octanol–water partition coefficient (Wildman–Crippen LogP) is 2.40. The van der Waals surface area contributed by atoms with Gasteiger partial charge in [-0.25, -0.2) is 4.98 Å². The summed E-state index contributed by atoms with van der Waals surface area (Å²) >= 11 is 0. The van der Waals surface area contributed by atoms with Gasteiger partial charge >= 0.3 is 0 Å². The average molecular weight is 269 g/mol. The lowest BCUT2D eigenvalue weighted by atomic mass is 10.0. The minimum atomic E-state index is -0.271. The van der Waals surface area contributed by atoms with E-state index >= 15 is 0 Å². The first-order valence-corrected chi connectivity index (χ1v) is 6.56. The Hall–Kier alpha value is -2.56. The number of amides is 1. The minimum absolute atomic E-state index is 0.0412. The van der Waals surface area contributed by atoms with E-state index in [4.69, 9.17) is 0 Å². The monoisotopic (exact) mass is 269 g/mol. The molecule has 0 saturated carbocycles. The highest BCUT2D eigenvalue weighted by molar-refractivity contribution is 6.04. The highest BCUT2D eigenvalue weighted by Crippen LogP contribution is 2.24. The molecule has 0 bridgehead atoms. The lowest BCUT2D eigenvalue weighted by molar-refractivity contribution is 0.102. The summed E-state index contributed by atoms with van der Waals surface area (Å²) in [5.74, 6) is -0.138. The molecule has 0 unspecified atom stereocenters. The number of nitrogens with one attached hydrogen (secondary N) is 2. The van der Waals surface area contributed by atoms with Crippen LogP contribution in [0.25, 0.3) is 0 Å². The van der Waals surface area contributed by atoms with Crippen LogP contribution in [0.3, 0.4) is 0 Å². The number of pyridine rings is 1. The molecule has 2 heterocycles. The molecule has 0 radical (unpaired) electrons. The molecule has 1 aromatic heterocycles. The fourth-order valence-corrected chi connectivity index (χ4v) is 2.29. The van der Waals surface area contributed by atoms with Crippen LogP contribution in [-0.2, 0) is 6.42 Å². The number of rotatable bonds is 2. The Morgan fingerprint density at radius 3 is 3.10 bits per heavy atom. The van der Waals surface area contributed by atoms with Gasteiger partial charge in [0.2, 0.25) is 0 Å². The van der Waals surface area contributed by atoms with E-state index in [1.807, 2.05) is 12.1 Å². The van der Waals surface area contributed by atoms with Crippen molar-refractivity contribution in [2.24, 2.45) is 0 Å². The highest BCUT2D eigenvalue weighted by Gasteiger charge is 2.14. The number of benzene rings is 1. The molecule has 0 saturated heterocycles. The topological polar surface area (TPSA) is 74.2 Å². The smallest absolute Gasteiger partial charge is 0.256 e. The van der Waals surface area contributed by atoms with Crippen LogP contribution in [0.4, 0.5) is 11.5 Å². The maximum atomic E-state index is 12.2. The maximum Gasteiger partial charge on any atom is 0.256 e. The summed E-state index contributed by atoms with van der Waals surface area (Å²) in [6.07, 6.45) is 3.56. The number of anilines is 2. The van der Waals surface area contributed by atoms with Crippen LogP contribution in [0.5, 0.6) is 5.75 Å². The Morgan fingerprint density at radius 1 is 1.35 bits per heavy atom. The largest absolute Gasteiger partial charge is 0.504 e. The summed E-state index contributed by atoms with van der Waals surface area (Å²) in [5, 5.41) is 15.5. The molecule has 0 atom stereocenters. The summed E-state index contributed by atoms with van der Waals surface area (Å²) in [6, 6.07) is 8.67. The molecule has 102 valence electrons. The van der Waals surface area contributed by atoms with Crippen LogP contribution in [0.15, 0.2) is 36.5 Å². The van der Waals surface area contributed by atoms with Gasteiger partial charge in [-0.05, 0) is 48.7 Å². The van der Waals surface area contributed by atoms with E-state index in [-0.39, 0.29) is 17.5 Å². The van der Waals surface area contributed by atoms with Crippen LogP contribution < -0.4 is 10.6 Å². The number of aromatic nitrogens is 1. The molecule has 5 nitrogen and oxygen atoms in total. The molecule has 1 aliphatic heterocycles.